The maximum Gasteiger partial charge on any atom is 0.373 e. The SMILES string of the molecule is COC(=O)c1ccc(Cn2cc(/C=N\NC(=O)c3ccc(I)c(O)c3)c3ccccc32)o1. The van der Waals surface area contributed by atoms with Crippen LogP contribution in [0.5, 0.6) is 5.75 Å². The van der Waals surface area contributed by atoms with Crippen LogP contribution in [0, 0.1) is 3.57 Å². The molecular weight excluding hydrogens is 525 g/mol. The maximum atomic E-state index is 12.3. The van der Waals surface area contributed by atoms with Gasteiger partial charge in [-0.15, -0.1) is 0 Å². The van der Waals surface area contributed by atoms with Gasteiger partial charge in [-0.3, -0.25) is 4.79 Å². The normalized spacial score (nSPS) is 11.2. The minimum Gasteiger partial charge on any atom is -0.507 e. The molecule has 0 aliphatic carbocycles. The number of methoxy groups -OCH3 is 1. The lowest BCUT2D eigenvalue weighted by atomic mass is 10.2. The van der Waals surface area contributed by atoms with Crippen LogP contribution in [0.1, 0.15) is 32.2 Å². The molecule has 2 heterocycles. The Morgan fingerprint density at radius 1 is 1.22 bits per heavy atom. The monoisotopic (exact) mass is 543 g/mol. The molecule has 0 spiro atoms. The standard InChI is InChI=1S/C23H18IN3O5/c1-31-23(30)21-9-7-16(32-21)13-27-12-15(17-4-2-3-5-19(17)27)11-25-26-22(29)14-6-8-18(24)20(28)10-14/h2-12,28H,13H2,1H3,(H,26,29)/b25-11-. The average Bonchev–Trinajstić information content (AvgIpc) is 3.40. The minimum absolute atomic E-state index is 0.0404. The van der Waals surface area contributed by atoms with Crippen molar-refractivity contribution >= 4 is 51.6 Å². The van der Waals surface area contributed by atoms with Gasteiger partial charge in [0.25, 0.3) is 5.91 Å². The molecule has 1 amide bonds. The highest BCUT2D eigenvalue weighted by Crippen LogP contribution is 2.22. The van der Waals surface area contributed by atoms with Gasteiger partial charge < -0.3 is 18.8 Å². The van der Waals surface area contributed by atoms with Crippen LogP contribution in [-0.4, -0.2) is 34.9 Å². The number of rotatable bonds is 6. The minimum atomic E-state index is -0.529. The highest BCUT2D eigenvalue weighted by atomic mass is 127. The van der Waals surface area contributed by atoms with Crippen LogP contribution in [0.2, 0.25) is 0 Å². The van der Waals surface area contributed by atoms with Gasteiger partial charge in [-0.05, 0) is 59.0 Å². The van der Waals surface area contributed by atoms with E-state index in [1.807, 2.05) is 57.6 Å². The number of hydrogen-bond donors (Lipinski definition) is 2. The molecule has 32 heavy (non-hydrogen) atoms. The van der Waals surface area contributed by atoms with Gasteiger partial charge in [-0.25, -0.2) is 10.2 Å². The van der Waals surface area contributed by atoms with Gasteiger partial charge in [0.2, 0.25) is 5.76 Å². The molecule has 162 valence electrons. The van der Waals surface area contributed by atoms with E-state index in [1.165, 1.54) is 13.2 Å². The van der Waals surface area contributed by atoms with E-state index < -0.39 is 11.9 Å². The number of fused-ring (bicyclic) bond motifs is 1. The number of furan rings is 1. The number of amides is 1. The number of nitrogens with zero attached hydrogens (tertiary/aromatic N) is 2. The lowest BCUT2D eigenvalue weighted by Crippen LogP contribution is -2.17. The van der Waals surface area contributed by atoms with Gasteiger partial charge in [0.15, 0.2) is 0 Å². The number of hydrazone groups is 1. The molecule has 0 unspecified atom stereocenters. The van der Waals surface area contributed by atoms with Crippen LogP contribution in [0.25, 0.3) is 10.9 Å². The number of ether oxygens (including phenoxy) is 1. The molecule has 0 fully saturated rings. The summed E-state index contributed by atoms with van der Waals surface area (Å²) in [5.41, 5.74) is 4.53. The largest absolute Gasteiger partial charge is 0.507 e. The number of esters is 1. The molecule has 0 bridgehead atoms. The highest BCUT2D eigenvalue weighted by molar-refractivity contribution is 14.1. The Morgan fingerprint density at radius 3 is 2.81 bits per heavy atom. The molecule has 0 radical (unpaired) electrons. The predicted molar refractivity (Wildman–Crippen MR) is 127 cm³/mol. The summed E-state index contributed by atoms with van der Waals surface area (Å²) in [4.78, 5) is 23.9. The van der Waals surface area contributed by atoms with Crippen molar-refractivity contribution in [2.24, 2.45) is 5.10 Å². The number of halogens is 1. The summed E-state index contributed by atoms with van der Waals surface area (Å²) in [6.07, 6.45) is 3.45. The summed E-state index contributed by atoms with van der Waals surface area (Å²) in [7, 11) is 1.30. The molecular formula is C23H18IN3O5. The van der Waals surface area contributed by atoms with Crippen LogP contribution < -0.4 is 5.43 Å². The molecule has 0 saturated carbocycles. The molecule has 2 N–H and O–H groups in total. The van der Waals surface area contributed by atoms with Crippen molar-refractivity contribution in [3.63, 3.8) is 0 Å². The van der Waals surface area contributed by atoms with Crippen molar-refractivity contribution < 1.29 is 23.8 Å². The lowest BCUT2D eigenvalue weighted by Gasteiger charge is -2.02. The fourth-order valence-corrected chi connectivity index (χ4v) is 3.56. The number of hydrogen-bond acceptors (Lipinski definition) is 6. The first-order valence-electron chi connectivity index (χ1n) is 9.53. The van der Waals surface area contributed by atoms with Crippen molar-refractivity contribution in [3.05, 3.63) is 87.0 Å². The van der Waals surface area contributed by atoms with Crippen LogP contribution >= 0.6 is 22.6 Å². The second-order valence-corrected chi connectivity index (χ2v) is 8.01. The van der Waals surface area contributed by atoms with Crippen LogP contribution in [-0.2, 0) is 11.3 Å². The van der Waals surface area contributed by atoms with Gasteiger partial charge in [-0.1, -0.05) is 18.2 Å². The van der Waals surface area contributed by atoms with Crippen molar-refractivity contribution in [2.45, 2.75) is 6.54 Å². The number of nitrogens with one attached hydrogen (secondary N) is 1. The second kappa shape index (κ2) is 9.27. The Hall–Kier alpha value is -3.60. The third-order valence-corrected chi connectivity index (χ3v) is 5.68. The first-order valence-corrected chi connectivity index (χ1v) is 10.6. The summed E-state index contributed by atoms with van der Waals surface area (Å²) >= 11 is 1.98. The fraction of sp³-hybridized carbons (Fsp3) is 0.0870. The molecule has 2 aromatic heterocycles. The number of carbonyl (C=O) groups is 2. The number of aromatic hydroxyl groups is 1. The second-order valence-electron chi connectivity index (χ2n) is 6.85. The zero-order chi connectivity index (χ0) is 22.7. The Bertz CT molecular complexity index is 1340. The van der Waals surface area contributed by atoms with E-state index in [1.54, 1.807) is 30.5 Å². The lowest BCUT2D eigenvalue weighted by molar-refractivity contribution is 0.0562. The fourth-order valence-electron chi connectivity index (χ4n) is 3.23. The van der Waals surface area contributed by atoms with E-state index in [0.717, 1.165) is 16.5 Å². The molecule has 4 aromatic rings. The van der Waals surface area contributed by atoms with Gasteiger partial charge in [0.05, 0.1) is 23.4 Å². The van der Waals surface area contributed by atoms with Crippen molar-refractivity contribution in [1.82, 2.24) is 9.99 Å². The molecule has 2 aromatic carbocycles. The summed E-state index contributed by atoms with van der Waals surface area (Å²) in [6, 6.07) is 15.7. The highest BCUT2D eigenvalue weighted by Gasteiger charge is 2.13. The zero-order valence-corrected chi connectivity index (χ0v) is 19.1. The molecule has 0 atom stereocenters. The summed E-state index contributed by atoms with van der Waals surface area (Å²) in [5, 5.41) is 14.8. The Balaban J connectivity index is 1.54. The van der Waals surface area contributed by atoms with Crippen LogP contribution in [0.15, 0.2) is 70.3 Å². The molecule has 0 aliphatic heterocycles. The molecule has 8 nitrogen and oxygen atoms in total. The Kier molecular flexibility index (Phi) is 6.26. The third-order valence-electron chi connectivity index (χ3n) is 4.77. The van der Waals surface area contributed by atoms with E-state index in [2.05, 4.69) is 15.3 Å². The average molecular weight is 543 g/mol. The topological polar surface area (TPSA) is 106 Å². The van der Waals surface area contributed by atoms with E-state index >= 15 is 0 Å². The van der Waals surface area contributed by atoms with E-state index in [0.29, 0.717) is 21.4 Å². The summed E-state index contributed by atoms with van der Waals surface area (Å²) in [5.74, 6) is -0.175. The van der Waals surface area contributed by atoms with E-state index in [9.17, 15) is 14.7 Å². The van der Waals surface area contributed by atoms with Gasteiger partial charge >= 0.3 is 5.97 Å². The van der Waals surface area contributed by atoms with Gasteiger partial charge in [-0.2, -0.15) is 5.10 Å². The number of phenols is 1. The molecule has 0 aliphatic rings. The third kappa shape index (κ3) is 4.52. The number of aromatic nitrogens is 1. The number of phenolic OH excluding ortho intramolecular Hbond substituents is 1. The summed E-state index contributed by atoms with van der Waals surface area (Å²) < 4.78 is 12.9. The quantitative estimate of drug-likeness (QED) is 0.165. The van der Waals surface area contributed by atoms with Crippen LogP contribution in [0.3, 0.4) is 0 Å². The number of carbonyl (C=O) groups excluding carboxylic acids is 2. The number of benzene rings is 2. The van der Waals surface area contributed by atoms with E-state index in [4.69, 9.17) is 4.42 Å². The number of para-hydroxylation sites is 1. The zero-order valence-electron chi connectivity index (χ0n) is 16.9. The maximum absolute atomic E-state index is 12.3. The smallest absolute Gasteiger partial charge is 0.373 e. The van der Waals surface area contributed by atoms with Crippen molar-refractivity contribution in [3.8, 4) is 5.75 Å². The van der Waals surface area contributed by atoms with Gasteiger partial charge in [0, 0.05) is 28.2 Å². The van der Waals surface area contributed by atoms with Crippen LogP contribution in [0.4, 0.5) is 0 Å². The summed E-state index contributed by atoms with van der Waals surface area (Å²) in [6.45, 7) is 0.402. The molecule has 4 rings (SSSR count). The van der Waals surface area contributed by atoms with Crippen molar-refractivity contribution in [1.29, 1.82) is 0 Å². The van der Waals surface area contributed by atoms with Crippen molar-refractivity contribution in [2.75, 3.05) is 7.11 Å². The van der Waals surface area contributed by atoms with E-state index in [-0.39, 0.29) is 11.5 Å². The first kappa shape index (κ1) is 21.6. The Labute approximate surface area is 196 Å². The first-order chi connectivity index (χ1) is 15.5. The van der Waals surface area contributed by atoms with Gasteiger partial charge in [0.1, 0.15) is 11.5 Å². The Morgan fingerprint density at radius 2 is 2.03 bits per heavy atom. The predicted octanol–water partition coefficient (Wildman–Crippen LogP) is 4.14. The molecule has 9 heteroatoms. The molecule has 0 saturated heterocycles.